The van der Waals surface area contributed by atoms with E-state index in [2.05, 4.69) is 28.4 Å². The molecule has 1 N–H and O–H groups in total. The van der Waals surface area contributed by atoms with Gasteiger partial charge in [-0.25, -0.2) is 4.40 Å². The van der Waals surface area contributed by atoms with E-state index in [4.69, 9.17) is 0 Å². The molecule has 0 aromatic rings. The molecule has 72 valence electrons. The fourth-order valence-electron chi connectivity index (χ4n) is 1.96. The molecule has 2 rings (SSSR count). The Morgan fingerprint density at radius 2 is 2.54 bits per heavy atom. The highest BCUT2D eigenvalue weighted by atomic mass is 32.2. The van der Waals surface area contributed by atoms with Crippen LogP contribution < -0.4 is 5.32 Å². The second-order valence-corrected chi connectivity index (χ2v) is 4.48. The van der Waals surface area contributed by atoms with Crippen molar-refractivity contribution < 1.29 is 0 Å². The molecule has 1 saturated heterocycles. The minimum atomic E-state index is 0.490. The van der Waals surface area contributed by atoms with Crippen LogP contribution >= 0.6 is 11.9 Å². The smallest absolute Gasteiger partial charge is 0.148 e. The minimum absolute atomic E-state index is 0.490. The molecular formula is C8H16BN3S. The maximum absolute atomic E-state index is 4.55. The fourth-order valence-corrected chi connectivity index (χ4v) is 2.79. The average Bonchev–Trinajstić information content (AvgIpc) is 2.18. The number of piperazine rings is 1. The Balaban J connectivity index is 2.16. The third-order valence-corrected chi connectivity index (χ3v) is 3.71. The largest absolute Gasteiger partial charge is 0.354 e. The molecule has 13 heavy (non-hydrogen) atoms. The summed E-state index contributed by atoms with van der Waals surface area (Å²) < 4.78 is 4.55. The van der Waals surface area contributed by atoms with Crippen molar-refractivity contribution in [1.29, 1.82) is 0 Å². The van der Waals surface area contributed by atoms with Crippen molar-refractivity contribution >= 4 is 25.1 Å². The van der Waals surface area contributed by atoms with Crippen molar-refractivity contribution in [2.75, 3.05) is 18.8 Å². The summed E-state index contributed by atoms with van der Waals surface area (Å²) in [6.45, 7) is 6.73. The van der Waals surface area contributed by atoms with Gasteiger partial charge in [-0.15, -0.1) is 0 Å². The Morgan fingerprint density at radius 3 is 3.31 bits per heavy atom. The Morgan fingerprint density at radius 1 is 1.69 bits per heavy atom. The third kappa shape index (κ3) is 1.72. The number of amidine groups is 1. The highest BCUT2D eigenvalue weighted by Gasteiger charge is 2.30. The van der Waals surface area contributed by atoms with E-state index in [-0.39, 0.29) is 0 Å². The quantitative estimate of drug-likeness (QED) is 0.479. The Hall–Kier alpha value is -0.155. The number of fused-ring (bicyclic) bond motifs is 1. The molecule has 0 saturated carbocycles. The lowest BCUT2D eigenvalue weighted by molar-refractivity contribution is 0.316. The van der Waals surface area contributed by atoms with Gasteiger partial charge in [-0.3, -0.25) is 0 Å². The van der Waals surface area contributed by atoms with Gasteiger partial charge >= 0.3 is 0 Å². The first-order valence-corrected chi connectivity index (χ1v) is 5.97. The van der Waals surface area contributed by atoms with E-state index in [1.54, 1.807) is 11.9 Å². The van der Waals surface area contributed by atoms with Crippen LogP contribution in [-0.2, 0) is 0 Å². The lowest BCUT2D eigenvalue weighted by atomic mass is 9.70. The zero-order chi connectivity index (χ0) is 9.26. The summed E-state index contributed by atoms with van der Waals surface area (Å²) in [6.07, 6.45) is 0. The molecule has 0 spiro atoms. The van der Waals surface area contributed by atoms with Gasteiger partial charge in [-0.05, 0) is 18.9 Å². The van der Waals surface area contributed by atoms with Crippen LogP contribution in [0.2, 0.25) is 6.82 Å². The molecule has 0 bridgehead atoms. The first-order valence-electron chi connectivity index (χ1n) is 5.02. The van der Waals surface area contributed by atoms with Gasteiger partial charge in [0.05, 0.1) is 0 Å². The van der Waals surface area contributed by atoms with Crippen molar-refractivity contribution in [2.45, 2.75) is 25.7 Å². The molecule has 0 radical (unpaired) electrons. The Labute approximate surface area is 84.7 Å². The second-order valence-electron chi connectivity index (χ2n) is 3.70. The molecule has 0 aromatic heterocycles. The first-order chi connectivity index (χ1) is 6.33. The van der Waals surface area contributed by atoms with Crippen molar-refractivity contribution in [3.05, 3.63) is 0 Å². The molecule has 2 unspecified atom stereocenters. The molecule has 2 atom stereocenters. The maximum Gasteiger partial charge on any atom is 0.148 e. The van der Waals surface area contributed by atoms with Crippen LogP contribution in [-0.4, -0.2) is 48.8 Å². The average molecular weight is 197 g/mol. The first kappa shape index (κ1) is 9.40. The number of nitrogens with one attached hydrogen (secondary N) is 1. The van der Waals surface area contributed by atoms with Gasteiger partial charge in [-0.1, -0.05) is 6.82 Å². The molecular weight excluding hydrogens is 181 g/mol. The van der Waals surface area contributed by atoms with Gasteiger partial charge in [0, 0.05) is 30.8 Å². The van der Waals surface area contributed by atoms with Crippen molar-refractivity contribution in [1.82, 2.24) is 10.2 Å². The van der Waals surface area contributed by atoms with Crippen LogP contribution in [0, 0.1) is 0 Å². The monoisotopic (exact) mass is 197 g/mol. The molecule has 5 heteroatoms. The van der Waals surface area contributed by atoms with Crippen LogP contribution in [0.25, 0.3) is 0 Å². The van der Waals surface area contributed by atoms with E-state index < -0.39 is 0 Å². The zero-order valence-corrected chi connectivity index (χ0v) is 9.10. The summed E-state index contributed by atoms with van der Waals surface area (Å²) in [4.78, 5) is 2.46. The third-order valence-electron chi connectivity index (χ3n) is 2.76. The van der Waals surface area contributed by atoms with Gasteiger partial charge in [0.15, 0.2) is 0 Å². The lowest BCUT2D eigenvalue weighted by Gasteiger charge is -2.41. The molecule has 0 amide bonds. The predicted octanol–water partition coefficient (Wildman–Crippen LogP) is 0.151. The number of hydrogen-bond acceptors (Lipinski definition) is 4. The molecule has 0 aliphatic carbocycles. The molecule has 2 heterocycles. The van der Waals surface area contributed by atoms with Crippen LogP contribution in [0.15, 0.2) is 4.40 Å². The van der Waals surface area contributed by atoms with Crippen LogP contribution in [0.5, 0.6) is 0 Å². The predicted molar refractivity (Wildman–Crippen MR) is 60.9 cm³/mol. The van der Waals surface area contributed by atoms with E-state index in [1.165, 1.54) is 5.84 Å². The molecule has 0 aromatic carbocycles. The topological polar surface area (TPSA) is 27.6 Å². The van der Waals surface area contributed by atoms with E-state index >= 15 is 0 Å². The van der Waals surface area contributed by atoms with E-state index in [0.717, 1.165) is 26.1 Å². The van der Waals surface area contributed by atoms with Gasteiger partial charge in [0.25, 0.3) is 0 Å². The van der Waals surface area contributed by atoms with E-state index in [9.17, 15) is 0 Å². The number of rotatable bonds is 1. The fraction of sp³-hybridized carbons (Fsp3) is 0.875. The normalized spacial score (nSPS) is 33.7. The SMILES string of the molecule is CBC1NCCN2C1=NSCC2C. The number of hydrogen-bond donors (Lipinski definition) is 1. The van der Waals surface area contributed by atoms with E-state index in [1.807, 2.05) is 0 Å². The molecule has 3 nitrogen and oxygen atoms in total. The summed E-state index contributed by atoms with van der Waals surface area (Å²) in [7, 11) is 1.14. The summed E-state index contributed by atoms with van der Waals surface area (Å²) in [5, 5.41) is 3.50. The van der Waals surface area contributed by atoms with Gasteiger partial charge in [0.1, 0.15) is 13.1 Å². The zero-order valence-electron chi connectivity index (χ0n) is 8.29. The van der Waals surface area contributed by atoms with Crippen molar-refractivity contribution in [2.24, 2.45) is 4.40 Å². The van der Waals surface area contributed by atoms with Gasteiger partial charge < -0.3 is 10.2 Å². The number of nitrogens with zero attached hydrogens (tertiary/aromatic N) is 2. The van der Waals surface area contributed by atoms with E-state index in [0.29, 0.717) is 12.0 Å². The standard InChI is InChI=1S/C8H16BN3S/c1-6-5-13-11-8-7(9-2)10-3-4-12(6)8/h6-7,9-10H,3-5H2,1-2H3. The van der Waals surface area contributed by atoms with Crippen molar-refractivity contribution in [3.63, 3.8) is 0 Å². The molecule has 1 fully saturated rings. The summed E-state index contributed by atoms with van der Waals surface area (Å²) in [5.41, 5.74) is 0. The maximum atomic E-state index is 4.55. The Kier molecular flexibility index (Phi) is 2.84. The van der Waals surface area contributed by atoms with Crippen LogP contribution in [0.3, 0.4) is 0 Å². The minimum Gasteiger partial charge on any atom is -0.354 e. The second kappa shape index (κ2) is 3.92. The van der Waals surface area contributed by atoms with Gasteiger partial charge in [0.2, 0.25) is 0 Å². The Bertz CT molecular complexity index is 221. The van der Waals surface area contributed by atoms with Crippen LogP contribution in [0.4, 0.5) is 0 Å². The molecule has 2 aliphatic heterocycles. The lowest BCUT2D eigenvalue weighted by Crippen LogP contribution is -2.60. The highest BCUT2D eigenvalue weighted by molar-refractivity contribution is 7.98. The van der Waals surface area contributed by atoms with Gasteiger partial charge in [-0.2, -0.15) is 0 Å². The highest BCUT2D eigenvalue weighted by Crippen LogP contribution is 2.20. The molecule has 2 aliphatic rings. The van der Waals surface area contributed by atoms with Crippen LogP contribution in [0.1, 0.15) is 6.92 Å². The summed E-state index contributed by atoms with van der Waals surface area (Å²) >= 11 is 1.71. The summed E-state index contributed by atoms with van der Waals surface area (Å²) in [5.74, 6) is 2.90. The summed E-state index contributed by atoms with van der Waals surface area (Å²) in [6, 6.07) is 0.661. The van der Waals surface area contributed by atoms with Crippen molar-refractivity contribution in [3.8, 4) is 0 Å².